The Hall–Kier alpha value is -6.08. The summed E-state index contributed by atoms with van der Waals surface area (Å²) in [7, 11) is 0. The number of carbonyl (C=O) groups is 2. The number of carbonyl (C=O) groups excluding carboxylic acids is 2. The normalized spacial score (nSPS) is 13.0. The number of pyridine rings is 1. The van der Waals surface area contributed by atoms with Gasteiger partial charge >= 0.3 is 6.18 Å². The zero-order valence-electron chi connectivity index (χ0n) is 40.0. The molecule has 6 rings (SSSR count). The van der Waals surface area contributed by atoms with Crippen LogP contribution in [0.15, 0.2) is 109 Å². The van der Waals surface area contributed by atoms with E-state index < -0.39 is 11.7 Å². The van der Waals surface area contributed by atoms with Crippen LogP contribution < -0.4 is 15.1 Å². The minimum absolute atomic E-state index is 0.0284. The fourth-order valence-electron chi connectivity index (χ4n) is 8.08. The smallest absolute Gasteiger partial charge is 0.416 e. The Morgan fingerprint density at radius 3 is 2.01 bits per heavy atom. The second-order valence-corrected chi connectivity index (χ2v) is 16.8. The van der Waals surface area contributed by atoms with Crippen molar-refractivity contribution in [1.82, 2.24) is 14.9 Å². The van der Waals surface area contributed by atoms with E-state index in [1.165, 1.54) is 12.1 Å². The van der Waals surface area contributed by atoms with Crippen molar-refractivity contribution in [2.24, 2.45) is 0 Å². The average Bonchev–Trinajstić information content (AvgIpc) is 3.36. The number of anilines is 3. The quantitative estimate of drug-likeness (QED) is 0.0342. The van der Waals surface area contributed by atoms with Crippen molar-refractivity contribution >= 4 is 28.9 Å². The second kappa shape index (κ2) is 27.3. The molecule has 0 spiro atoms. The van der Waals surface area contributed by atoms with Gasteiger partial charge in [0.25, 0.3) is 5.91 Å². The molecule has 14 nitrogen and oxygen atoms in total. The Labute approximate surface area is 408 Å². The van der Waals surface area contributed by atoms with Crippen LogP contribution in [-0.2, 0) is 49.4 Å². The number of hydrogen-bond acceptors (Lipinski definition) is 12. The lowest BCUT2D eigenvalue weighted by Gasteiger charge is -2.36. The molecule has 1 aromatic heterocycles. The van der Waals surface area contributed by atoms with Gasteiger partial charge in [-0.2, -0.15) is 18.2 Å². The zero-order valence-corrected chi connectivity index (χ0v) is 40.0. The predicted molar refractivity (Wildman–Crippen MR) is 263 cm³/mol. The average molecular weight is 971 g/mol. The largest absolute Gasteiger partial charge is 0.508 e. The van der Waals surface area contributed by atoms with E-state index in [0.29, 0.717) is 112 Å². The molecule has 17 heteroatoms. The van der Waals surface area contributed by atoms with Gasteiger partial charge in [0.15, 0.2) is 0 Å². The number of piperazine rings is 1. The van der Waals surface area contributed by atoms with Crippen molar-refractivity contribution in [2.45, 2.75) is 52.4 Å². The van der Waals surface area contributed by atoms with Gasteiger partial charge in [-0.05, 0) is 116 Å². The highest BCUT2D eigenvalue weighted by molar-refractivity contribution is 6.06. The van der Waals surface area contributed by atoms with Crippen molar-refractivity contribution in [2.75, 3.05) is 107 Å². The number of phenolic OH excluding ortho intramolecular Hbond substituents is 1. The van der Waals surface area contributed by atoms with Gasteiger partial charge in [0.2, 0.25) is 5.91 Å². The van der Waals surface area contributed by atoms with E-state index in [9.17, 15) is 33.1 Å². The standard InChI is InChI=1S/C53H65F3N6O8/c1-3-59(4-2)46-15-18-49(48(37-46)50-36-42(19-21-57-50)39-62(66)38-41-9-6-12-44(35-41)53(54,55)56)58-52(65)43-11-5-8-40(34-43)10-7-26-67-28-30-69-32-33-70-31-29-68-27-20-51(64)61-24-22-60(23-25-61)45-13-16-47(63)17-14-45/h5-6,8-9,11-19,21,34-37,63,66H,3-4,7,10,20,22-33,38-39H2,1-2H3,(H,58,65). The van der Waals surface area contributed by atoms with Crippen LogP contribution >= 0.6 is 0 Å². The molecule has 4 aromatic carbocycles. The molecular weight excluding hydrogens is 906 g/mol. The van der Waals surface area contributed by atoms with Crippen molar-refractivity contribution in [3.05, 3.63) is 137 Å². The number of aromatic hydroxyl groups is 1. The summed E-state index contributed by atoms with van der Waals surface area (Å²) in [6, 6.07) is 28.8. The molecule has 0 saturated carbocycles. The van der Waals surface area contributed by atoms with E-state index in [4.69, 9.17) is 18.9 Å². The molecule has 0 radical (unpaired) electrons. The molecule has 0 unspecified atom stereocenters. The summed E-state index contributed by atoms with van der Waals surface area (Å²) in [5.41, 5.74) is 5.46. The first kappa shape index (κ1) is 53.3. The van der Waals surface area contributed by atoms with E-state index in [1.807, 2.05) is 53.4 Å². The zero-order chi connectivity index (χ0) is 49.7. The number of hydrogen-bond donors (Lipinski definition) is 3. The Bertz CT molecular complexity index is 2400. The molecule has 1 fully saturated rings. The van der Waals surface area contributed by atoms with Crippen LogP contribution in [0, 0.1) is 0 Å². The van der Waals surface area contributed by atoms with Crippen LogP contribution in [0.1, 0.15) is 59.3 Å². The molecule has 1 aliphatic rings. The number of hydroxylamine groups is 2. The molecule has 2 heterocycles. The number of alkyl halides is 3. The van der Waals surface area contributed by atoms with Gasteiger partial charge in [-0.1, -0.05) is 30.3 Å². The number of amides is 2. The maximum absolute atomic E-state index is 13.7. The molecule has 0 bridgehead atoms. The van der Waals surface area contributed by atoms with Crippen LogP contribution in [0.2, 0.25) is 0 Å². The lowest BCUT2D eigenvalue weighted by atomic mass is 10.0. The second-order valence-electron chi connectivity index (χ2n) is 16.8. The molecule has 3 N–H and O–H groups in total. The SMILES string of the molecule is CCN(CC)c1ccc(NC(=O)c2cccc(CCCOCCOCCOCCOCCC(=O)N3CCN(c4ccc(O)cc4)CC3)c2)c(-c2cc(CN(O)Cc3cccc(C(F)(F)F)c3)ccn2)c1. The lowest BCUT2D eigenvalue weighted by Crippen LogP contribution is -2.49. The number of phenols is 1. The summed E-state index contributed by atoms with van der Waals surface area (Å²) < 4.78 is 62.4. The van der Waals surface area contributed by atoms with Crippen LogP contribution in [0.4, 0.5) is 30.2 Å². The highest BCUT2D eigenvalue weighted by atomic mass is 19.4. The summed E-state index contributed by atoms with van der Waals surface area (Å²) in [6.45, 7) is 11.8. The molecule has 70 heavy (non-hydrogen) atoms. The maximum atomic E-state index is 13.7. The van der Waals surface area contributed by atoms with Gasteiger partial charge < -0.3 is 49.3 Å². The molecule has 2 amide bonds. The number of halogens is 3. The Balaban J connectivity index is 0.867. The van der Waals surface area contributed by atoms with Crippen molar-refractivity contribution in [3.8, 4) is 17.0 Å². The Morgan fingerprint density at radius 2 is 1.34 bits per heavy atom. The molecule has 0 atom stereocenters. The van der Waals surface area contributed by atoms with E-state index in [2.05, 4.69) is 33.9 Å². The van der Waals surface area contributed by atoms with Gasteiger partial charge in [-0.15, -0.1) is 0 Å². The minimum Gasteiger partial charge on any atom is -0.508 e. The lowest BCUT2D eigenvalue weighted by molar-refractivity contribution is -0.138. The third-order valence-electron chi connectivity index (χ3n) is 11.8. The van der Waals surface area contributed by atoms with Crippen molar-refractivity contribution in [1.29, 1.82) is 0 Å². The summed E-state index contributed by atoms with van der Waals surface area (Å²) in [6.07, 6.45) is -1.09. The summed E-state index contributed by atoms with van der Waals surface area (Å²) in [4.78, 5) is 37.2. The summed E-state index contributed by atoms with van der Waals surface area (Å²) in [5.74, 6) is 0.0286. The van der Waals surface area contributed by atoms with Crippen LogP contribution in [-0.4, -0.2) is 129 Å². The van der Waals surface area contributed by atoms with Gasteiger partial charge in [-0.3, -0.25) is 14.6 Å². The first-order chi connectivity index (χ1) is 33.9. The van der Waals surface area contributed by atoms with Crippen molar-refractivity contribution < 1.29 is 52.0 Å². The molecular formula is C53H65F3N6O8. The maximum Gasteiger partial charge on any atom is 0.416 e. The number of aromatic nitrogens is 1. The van der Waals surface area contributed by atoms with Crippen LogP contribution in [0.25, 0.3) is 11.3 Å². The first-order valence-corrected chi connectivity index (χ1v) is 23.9. The van der Waals surface area contributed by atoms with E-state index in [0.717, 1.165) is 66.7 Å². The molecule has 5 aromatic rings. The first-order valence-electron chi connectivity index (χ1n) is 23.9. The highest BCUT2D eigenvalue weighted by Crippen LogP contribution is 2.33. The highest BCUT2D eigenvalue weighted by Gasteiger charge is 2.30. The Kier molecular flexibility index (Phi) is 20.8. The van der Waals surface area contributed by atoms with Gasteiger partial charge in [0.1, 0.15) is 5.75 Å². The van der Waals surface area contributed by atoms with Gasteiger partial charge in [0.05, 0.1) is 69.6 Å². The molecule has 1 aliphatic heterocycles. The molecule has 0 aliphatic carbocycles. The minimum atomic E-state index is -4.49. The van der Waals surface area contributed by atoms with Crippen LogP contribution in [0.5, 0.6) is 5.75 Å². The summed E-state index contributed by atoms with van der Waals surface area (Å²) in [5, 5.41) is 24.3. The number of nitrogens with one attached hydrogen (secondary N) is 1. The predicted octanol–water partition coefficient (Wildman–Crippen LogP) is 8.70. The van der Waals surface area contributed by atoms with E-state index in [-0.39, 0.29) is 30.7 Å². The Morgan fingerprint density at radius 1 is 0.714 bits per heavy atom. The monoisotopic (exact) mass is 970 g/mol. The summed E-state index contributed by atoms with van der Waals surface area (Å²) >= 11 is 0. The third kappa shape index (κ3) is 16.8. The van der Waals surface area contributed by atoms with E-state index in [1.54, 1.807) is 36.5 Å². The number of ether oxygens (including phenoxy) is 4. The number of rotatable bonds is 27. The number of aryl methyl sites for hydroxylation is 1. The third-order valence-corrected chi connectivity index (χ3v) is 11.8. The van der Waals surface area contributed by atoms with Gasteiger partial charge in [-0.25, -0.2) is 0 Å². The topological polar surface area (TPSA) is 149 Å². The van der Waals surface area contributed by atoms with E-state index >= 15 is 0 Å². The molecule has 1 saturated heterocycles. The van der Waals surface area contributed by atoms with Gasteiger partial charge in [0, 0.05) is 87.7 Å². The van der Waals surface area contributed by atoms with Crippen LogP contribution in [0.3, 0.4) is 0 Å². The number of nitrogens with zero attached hydrogens (tertiary/aromatic N) is 5. The fraction of sp³-hybridized carbons (Fsp3) is 0.415. The molecule has 376 valence electrons. The number of benzene rings is 4. The fourth-order valence-corrected chi connectivity index (χ4v) is 8.08. The van der Waals surface area contributed by atoms with Crippen molar-refractivity contribution in [3.63, 3.8) is 0 Å².